The van der Waals surface area contributed by atoms with E-state index < -0.39 is 11.5 Å². The van der Waals surface area contributed by atoms with E-state index in [1.807, 2.05) is 12.1 Å². The SMILES string of the molecule is CC(Nc1ccc(Cl)c(Br)c1)(C(=O)O)C1CCCCC1. The van der Waals surface area contributed by atoms with Crippen LogP contribution in [0.3, 0.4) is 0 Å². The number of benzene rings is 1. The van der Waals surface area contributed by atoms with Crippen molar-refractivity contribution in [2.45, 2.75) is 44.6 Å². The smallest absolute Gasteiger partial charge is 0.329 e. The van der Waals surface area contributed by atoms with E-state index in [0.717, 1.165) is 35.8 Å². The van der Waals surface area contributed by atoms with Crippen LogP contribution in [0.15, 0.2) is 22.7 Å². The number of carboxylic acids is 1. The van der Waals surface area contributed by atoms with Crippen LogP contribution in [-0.4, -0.2) is 16.6 Å². The van der Waals surface area contributed by atoms with Gasteiger partial charge in [0.1, 0.15) is 5.54 Å². The summed E-state index contributed by atoms with van der Waals surface area (Å²) < 4.78 is 0.764. The first kappa shape index (κ1) is 15.6. The summed E-state index contributed by atoms with van der Waals surface area (Å²) in [5.74, 6) is -0.640. The van der Waals surface area contributed by atoms with Crippen molar-refractivity contribution in [3.8, 4) is 0 Å². The van der Waals surface area contributed by atoms with Crippen LogP contribution in [-0.2, 0) is 4.79 Å². The highest BCUT2D eigenvalue weighted by Gasteiger charge is 2.41. The number of anilines is 1. The number of carbonyl (C=O) groups is 1. The molecule has 20 heavy (non-hydrogen) atoms. The van der Waals surface area contributed by atoms with Crippen molar-refractivity contribution >= 4 is 39.2 Å². The molecule has 1 aromatic carbocycles. The van der Waals surface area contributed by atoms with E-state index in [9.17, 15) is 9.90 Å². The molecule has 1 unspecified atom stereocenters. The molecule has 0 bridgehead atoms. The summed E-state index contributed by atoms with van der Waals surface area (Å²) in [6.07, 6.45) is 5.35. The predicted molar refractivity (Wildman–Crippen MR) is 85.4 cm³/mol. The van der Waals surface area contributed by atoms with Crippen LogP contribution in [0.1, 0.15) is 39.0 Å². The van der Waals surface area contributed by atoms with Gasteiger partial charge in [0.05, 0.1) is 5.02 Å². The number of rotatable bonds is 4. The van der Waals surface area contributed by atoms with Crippen LogP contribution in [0.2, 0.25) is 5.02 Å². The van der Waals surface area contributed by atoms with Crippen LogP contribution in [0.25, 0.3) is 0 Å². The molecule has 0 heterocycles. The Labute approximate surface area is 132 Å². The molecule has 1 fully saturated rings. The first-order chi connectivity index (χ1) is 9.43. The molecule has 3 nitrogen and oxygen atoms in total. The van der Waals surface area contributed by atoms with Crippen molar-refractivity contribution in [3.63, 3.8) is 0 Å². The summed E-state index contributed by atoms with van der Waals surface area (Å²) in [6.45, 7) is 1.79. The van der Waals surface area contributed by atoms with Crippen LogP contribution in [0, 0.1) is 5.92 Å². The Morgan fingerprint density at radius 2 is 2.05 bits per heavy atom. The lowest BCUT2D eigenvalue weighted by Gasteiger charge is -2.37. The van der Waals surface area contributed by atoms with Gasteiger partial charge in [0.25, 0.3) is 0 Å². The van der Waals surface area contributed by atoms with Gasteiger partial charge in [-0.2, -0.15) is 0 Å². The molecule has 2 rings (SSSR count). The maximum absolute atomic E-state index is 11.8. The Hall–Kier alpha value is -0.740. The molecule has 0 amide bonds. The summed E-state index contributed by atoms with van der Waals surface area (Å²) in [7, 11) is 0. The summed E-state index contributed by atoms with van der Waals surface area (Å²) in [5.41, 5.74) is -0.162. The number of carboxylic acid groups (broad SMARTS) is 1. The van der Waals surface area contributed by atoms with Gasteiger partial charge in [0, 0.05) is 10.2 Å². The van der Waals surface area contributed by atoms with Crippen molar-refractivity contribution in [2.75, 3.05) is 5.32 Å². The van der Waals surface area contributed by atoms with Crippen LogP contribution in [0.5, 0.6) is 0 Å². The van der Waals surface area contributed by atoms with Gasteiger partial charge in [-0.05, 0) is 59.8 Å². The Balaban J connectivity index is 2.23. The molecule has 0 spiro atoms. The molecular weight excluding hydrogens is 342 g/mol. The number of aliphatic carboxylic acids is 1. The first-order valence-electron chi connectivity index (χ1n) is 6.90. The number of hydrogen-bond acceptors (Lipinski definition) is 2. The minimum atomic E-state index is -0.937. The van der Waals surface area contributed by atoms with Crippen molar-refractivity contribution in [2.24, 2.45) is 5.92 Å². The molecule has 1 aliphatic carbocycles. The zero-order valence-electron chi connectivity index (χ0n) is 11.5. The standard InChI is InChI=1S/C15H19BrClNO2/c1-15(14(19)20,10-5-3-2-4-6-10)18-11-7-8-13(17)12(16)9-11/h7-10,18H,2-6H2,1H3,(H,19,20). The van der Waals surface area contributed by atoms with Crippen molar-refractivity contribution in [1.29, 1.82) is 0 Å². The van der Waals surface area contributed by atoms with Gasteiger partial charge in [0.2, 0.25) is 0 Å². The number of halogens is 2. The van der Waals surface area contributed by atoms with E-state index in [-0.39, 0.29) is 5.92 Å². The second kappa shape index (κ2) is 6.35. The molecule has 110 valence electrons. The normalized spacial score (nSPS) is 19.4. The van der Waals surface area contributed by atoms with Crippen LogP contribution < -0.4 is 5.32 Å². The van der Waals surface area contributed by atoms with Gasteiger partial charge in [0.15, 0.2) is 0 Å². The molecule has 0 aliphatic heterocycles. The molecule has 0 radical (unpaired) electrons. The molecule has 1 saturated carbocycles. The van der Waals surface area contributed by atoms with Crippen molar-refractivity contribution in [3.05, 3.63) is 27.7 Å². The summed E-state index contributed by atoms with van der Waals surface area (Å²) >= 11 is 9.34. The fourth-order valence-corrected chi connectivity index (χ4v) is 3.38. The maximum atomic E-state index is 11.8. The average molecular weight is 361 g/mol. The zero-order chi connectivity index (χ0) is 14.8. The summed E-state index contributed by atoms with van der Waals surface area (Å²) in [5, 5.41) is 13.5. The minimum Gasteiger partial charge on any atom is -0.480 e. The highest BCUT2D eigenvalue weighted by Crippen LogP contribution is 2.36. The molecule has 1 aromatic rings. The van der Waals surface area contributed by atoms with E-state index in [4.69, 9.17) is 11.6 Å². The van der Waals surface area contributed by atoms with E-state index in [1.54, 1.807) is 13.0 Å². The number of hydrogen-bond donors (Lipinski definition) is 2. The fourth-order valence-electron chi connectivity index (χ4n) is 2.88. The fraction of sp³-hybridized carbons (Fsp3) is 0.533. The van der Waals surface area contributed by atoms with E-state index >= 15 is 0 Å². The van der Waals surface area contributed by atoms with Crippen molar-refractivity contribution in [1.82, 2.24) is 0 Å². The maximum Gasteiger partial charge on any atom is 0.329 e. The summed E-state index contributed by atoms with van der Waals surface area (Å²) in [4.78, 5) is 11.8. The van der Waals surface area contributed by atoms with Gasteiger partial charge in [-0.15, -0.1) is 0 Å². The summed E-state index contributed by atoms with van der Waals surface area (Å²) in [6, 6.07) is 5.40. The molecule has 1 atom stereocenters. The molecule has 5 heteroatoms. The van der Waals surface area contributed by atoms with Gasteiger partial charge >= 0.3 is 5.97 Å². The largest absolute Gasteiger partial charge is 0.480 e. The lowest BCUT2D eigenvalue weighted by molar-refractivity contribution is -0.144. The quantitative estimate of drug-likeness (QED) is 0.799. The lowest BCUT2D eigenvalue weighted by atomic mass is 9.75. The van der Waals surface area contributed by atoms with Gasteiger partial charge in [-0.3, -0.25) is 0 Å². The van der Waals surface area contributed by atoms with Gasteiger partial charge in [-0.1, -0.05) is 30.9 Å². The Morgan fingerprint density at radius 3 is 2.60 bits per heavy atom. The number of nitrogens with one attached hydrogen (secondary N) is 1. The second-order valence-electron chi connectivity index (χ2n) is 5.60. The highest BCUT2D eigenvalue weighted by molar-refractivity contribution is 9.10. The second-order valence-corrected chi connectivity index (χ2v) is 6.86. The van der Waals surface area contributed by atoms with Crippen LogP contribution >= 0.6 is 27.5 Å². The first-order valence-corrected chi connectivity index (χ1v) is 8.07. The van der Waals surface area contributed by atoms with E-state index in [2.05, 4.69) is 21.2 Å². The third kappa shape index (κ3) is 3.29. The van der Waals surface area contributed by atoms with E-state index in [1.165, 1.54) is 6.42 Å². The van der Waals surface area contributed by atoms with Gasteiger partial charge in [-0.25, -0.2) is 4.79 Å². The Kier molecular flexibility index (Phi) is 4.97. The molecule has 2 N–H and O–H groups in total. The molecule has 0 aromatic heterocycles. The van der Waals surface area contributed by atoms with Gasteiger partial charge < -0.3 is 10.4 Å². The highest BCUT2D eigenvalue weighted by atomic mass is 79.9. The Morgan fingerprint density at radius 1 is 1.40 bits per heavy atom. The van der Waals surface area contributed by atoms with Crippen LogP contribution in [0.4, 0.5) is 5.69 Å². The third-order valence-corrected chi connectivity index (χ3v) is 5.40. The van der Waals surface area contributed by atoms with Crippen molar-refractivity contribution < 1.29 is 9.90 Å². The predicted octanol–water partition coefficient (Wildman–Crippen LogP) is 4.94. The Bertz CT molecular complexity index is 503. The average Bonchev–Trinajstić information content (AvgIpc) is 2.43. The molecular formula is C15H19BrClNO2. The minimum absolute atomic E-state index is 0.156. The monoisotopic (exact) mass is 359 g/mol. The molecule has 0 saturated heterocycles. The zero-order valence-corrected chi connectivity index (χ0v) is 13.8. The topological polar surface area (TPSA) is 49.3 Å². The molecule has 1 aliphatic rings. The lowest BCUT2D eigenvalue weighted by Crippen LogP contribution is -2.50. The van der Waals surface area contributed by atoms with E-state index in [0.29, 0.717) is 5.02 Å². The third-order valence-electron chi connectivity index (χ3n) is 4.19.